The molecule has 0 unspecified atom stereocenters. The molecule has 0 atom stereocenters. The number of para-hydroxylation sites is 2. The molecule has 0 bridgehead atoms. The normalized spacial score (nSPS) is 12.4. The SMILES string of the molecule is c1ccc(C2(c3ccccc3)c3ccccc3-c3c(N(c4ccccc4-c4ccc(-c5ccc6ccccc6c5)cc4)c4ccccc4-c4ccc(-c5cccc6ccccc56)cc4)cccc32)cc1. The summed E-state index contributed by atoms with van der Waals surface area (Å²) in [5, 5.41) is 4.99. The fourth-order valence-electron chi connectivity index (χ4n) is 11.4. The number of rotatable bonds is 9. The minimum atomic E-state index is -0.550. The Hall–Kier alpha value is -9.04. The Morgan fingerprint density at radius 3 is 1.33 bits per heavy atom. The highest BCUT2D eigenvalue weighted by Gasteiger charge is 2.47. The van der Waals surface area contributed by atoms with Gasteiger partial charge in [-0.05, 0) is 107 Å². The van der Waals surface area contributed by atoms with Gasteiger partial charge in [-0.1, -0.05) is 261 Å². The number of fused-ring (bicyclic) bond motifs is 5. The smallest absolute Gasteiger partial charge is 0.0714 e. The molecular weight excluding hydrogens is 843 g/mol. The van der Waals surface area contributed by atoms with Crippen LogP contribution in [0.15, 0.2) is 285 Å². The monoisotopic (exact) mass is 889 g/mol. The molecule has 70 heavy (non-hydrogen) atoms. The second kappa shape index (κ2) is 17.2. The third kappa shape index (κ3) is 6.78. The van der Waals surface area contributed by atoms with Crippen molar-refractivity contribution in [3.63, 3.8) is 0 Å². The van der Waals surface area contributed by atoms with E-state index in [2.05, 4.69) is 290 Å². The molecule has 12 aromatic carbocycles. The first-order valence-corrected chi connectivity index (χ1v) is 24.2. The maximum atomic E-state index is 2.54. The highest BCUT2D eigenvalue weighted by atomic mass is 15.2. The van der Waals surface area contributed by atoms with Gasteiger partial charge in [0.05, 0.1) is 22.5 Å². The number of benzene rings is 12. The quantitative estimate of drug-likeness (QED) is 0.140. The molecule has 0 N–H and O–H groups in total. The minimum Gasteiger partial charge on any atom is -0.309 e. The molecule has 0 saturated carbocycles. The molecule has 328 valence electrons. The second-order valence-corrected chi connectivity index (χ2v) is 18.3. The van der Waals surface area contributed by atoms with E-state index in [0.29, 0.717) is 0 Å². The highest BCUT2D eigenvalue weighted by molar-refractivity contribution is 6.02. The van der Waals surface area contributed by atoms with Crippen LogP contribution >= 0.6 is 0 Å². The van der Waals surface area contributed by atoms with Crippen molar-refractivity contribution in [3.05, 3.63) is 307 Å². The third-order valence-corrected chi connectivity index (χ3v) is 14.6. The van der Waals surface area contributed by atoms with Crippen molar-refractivity contribution in [2.45, 2.75) is 5.41 Å². The van der Waals surface area contributed by atoms with Crippen LogP contribution in [0.5, 0.6) is 0 Å². The van der Waals surface area contributed by atoms with Crippen molar-refractivity contribution in [3.8, 4) is 55.6 Å². The molecule has 13 rings (SSSR count). The summed E-state index contributed by atoms with van der Waals surface area (Å²) >= 11 is 0. The van der Waals surface area contributed by atoms with E-state index in [1.807, 2.05) is 0 Å². The van der Waals surface area contributed by atoms with E-state index >= 15 is 0 Å². The first-order valence-electron chi connectivity index (χ1n) is 24.2. The van der Waals surface area contributed by atoms with Gasteiger partial charge in [-0.15, -0.1) is 0 Å². The Morgan fingerprint density at radius 1 is 0.243 bits per heavy atom. The van der Waals surface area contributed by atoms with Crippen molar-refractivity contribution < 1.29 is 0 Å². The molecule has 0 saturated heterocycles. The average molecular weight is 890 g/mol. The maximum absolute atomic E-state index is 2.54. The summed E-state index contributed by atoms with van der Waals surface area (Å²) in [5.74, 6) is 0. The van der Waals surface area contributed by atoms with Crippen LogP contribution in [0.4, 0.5) is 17.1 Å². The lowest BCUT2D eigenvalue weighted by molar-refractivity contribution is 0.768. The Bertz CT molecular complexity index is 3820. The van der Waals surface area contributed by atoms with Crippen LogP contribution in [-0.4, -0.2) is 0 Å². The number of anilines is 3. The van der Waals surface area contributed by atoms with Gasteiger partial charge in [-0.2, -0.15) is 0 Å². The number of nitrogens with zero attached hydrogens (tertiary/aromatic N) is 1. The molecule has 1 aliphatic rings. The summed E-state index contributed by atoms with van der Waals surface area (Å²) < 4.78 is 0. The minimum absolute atomic E-state index is 0.550. The number of hydrogen-bond acceptors (Lipinski definition) is 1. The predicted octanol–water partition coefficient (Wildman–Crippen LogP) is 18.5. The second-order valence-electron chi connectivity index (χ2n) is 18.3. The first kappa shape index (κ1) is 41.2. The molecule has 0 fully saturated rings. The van der Waals surface area contributed by atoms with Gasteiger partial charge >= 0.3 is 0 Å². The fourth-order valence-corrected chi connectivity index (χ4v) is 11.4. The van der Waals surface area contributed by atoms with Gasteiger partial charge in [0.15, 0.2) is 0 Å². The van der Waals surface area contributed by atoms with Gasteiger partial charge < -0.3 is 4.90 Å². The molecule has 1 nitrogen and oxygen atoms in total. The molecule has 1 heteroatoms. The van der Waals surface area contributed by atoms with Crippen molar-refractivity contribution in [1.82, 2.24) is 0 Å². The van der Waals surface area contributed by atoms with Gasteiger partial charge in [0.1, 0.15) is 0 Å². The van der Waals surface area contributed by atoms with E-state index < -0.39 is 5.41 Å². The standard InChI is InChI=1S/C69H47N/c1-3-23-56(24-4-1)69(57-25-5-2-6-26-57)63-32-14-11-30-62(63)68-64(69)33-18-36-67(68)70(65-34-15-12-28-60(65)52-40-37-49(38-41-52)55-46-39-48-19-7-8-21-54(48)47-55)66-35-16-13-29-61(66)53-44-42-51(43-45-53)59-31-17-22-50-20-9-10-27-58(50)59/h1-47H. The fraction of sp³-hybridized carbons (Fsp3) is 0.0145. The van der Waals surface area contributed by atoms with E-state index in [-0.39, 0.29) is 0 Å². The third-order valence-electron chi connectivity index (χ3n) is 14.6. The molecule has 0 aliphatic heterocycles. The summed E-state index contributed by atoms with van der Waals surface area (Å²) in [7, 11) is 0. The van der Waals surface area contributed by atoms with Crippen LogP contribution in [0.1, 0.15) is 22.3 Å². The van der Waals surface area contributed by atoms with Gasteiger partial charge in [-0.25, -0.2) is 0 Å². The lowest BCUT2D eigenvalue weighted by atomic mass is 9.68. The zero-order valence-corrected chi connectivity index (χ0v) is 38.6. The first-order chi connectivity index (χ1) is 34.7. The van der Waals surface area contributed by atoms with Crippen LogP contribution in [0.2, 0.25) is 0 Å². The Morgan fingerprint density at radius 2 is 0.671 bits per heavy atom. The maximum Gasteiger partial charge on any atom is 0.0714 e. The van der Waals surface area contributed by atoms with E-state index in [0.717, 1.165) is 39.3 Å². The number of hydrogen-bond donors (Lipinski definition) is 0. The molecule has 0 spiro atoms. The molecule has 1 aliphatic carbocycles. The van der Waals surface area contributed by atoms with Crippen LogP contribution in [-0.2, 0) is 5.41 Å². The average Bonchev–Trinajstić information content (AvgIpc) is 3.75. The lowest BCUT2D eigenvalue weighted by Crippen LogP contribution is -2.28. The van der Waals surface area contributed by atoms with Crippen LogP contribution < -0.4 is 4.90 Å². The summed E-state index contributed by atoms with van der Waals surface area (Å²) in [6, 6.07) is 105. The van der Waals surface area contributed by atoms with E-state index in [4.69, 9.17) is 0 Å². The molecule has 0 aromatic heterocycles. The Kier molecular flexibility index (Phi) is 10.1. The molecular formula is C69H47N. The van der Waals surface area contributed by atoms with Gasteiger partial charge in [-0.3, -0.25) is 0 Å². The lowest BCUT2D eigenvalue weighted by Gasteiger charge is -2.35. The van der Waals surface area contributed by atoms with Gasteiger partial charge in [0.25, 0.3) is 0 Å². The summed E-state index contributed by atoms with van der Waals surface area (Å²) in [4.78, 5) is 2.54. The van der Waals surface area contributed by atoms with E-state index in [1.54, 1.807) is 0 Å². The Balaban J connectivity index is 1.03. The highest BCUT2D eigenvalue weighted by Crippen LogP contribution is 2.60. The molecule has 0 amide bonds. The van der Waals surface area contributed by atoms with E-state index in [1.165, 1.54) is 77.2 Å². The van der Waals surface area contributed by atoms with Crippen molar-refractivity contribution in [2.75, 3.05) is 4.90 Å². The largest absolute Gasteiger partial charge is 0.309 e. The summed E-state index contributed by atoms with van der Waals surface area (Å²) in [6.07, 6.45) is 0. The summed E-state index contributed by atoms with van der Waals surface area (Å²) in [6.45, 7) is 0. The van der Waals surface area contributed by atoms with Gasteiger partial charge in [0.2, 0.25) is 0 Å². The zero-order chi connectivity index (χ0) is 46.4. The summed E-state index contributed by atoms with van der Waals surface area (Å²) in [5.41, 5.74) is 19.7. The van der Waals surface area contributed by atoms with Crippen molar-refractivity contribution in [1.29, 1.82) is 0 Å². The van der Waals surface area contributed by atoms with Crippen molar-refractivity contribution in [2.24, 2.45) is 0 Å². The molecule has 12 aromatic rings. The Labute approximate surface area is 409 Å². The van der Waals surface area contributed by atoms with Crippen LogP contribution in [0, 0.1) is 0 Å². The topological polar surface area (TPSA) is 3.24 Å². The van der Waals surface area contributed by atoms with Crippen molar-refractivity contribution >= 4 is 38.6 Å². The predicted molar refractivity (Wildman–Crippen MR) is 295 cm³/mol. The van der Waals surface area contributed by atoms with Crippen LogP contribution in [0.25, 0.3) is 77.2 Å². The zero-order valence-electron chi connectivity index (χ0n) is 38.6. The molecule has 0 heterocycles. The van der Waals surface area contributed by atoms with E-state index in [9.17, 15) is 0 Å². The van der Waals surface area contributed by atoms with Crippen LogP contribution in [0.3, 0.4) is 0 Å². The van der Waals surface area contributed by atoms with Gasteiger partial charge in [0, 0.05) is 16.7 Å². The molecule has 0 radical (unpaired) electrons.